The molecule has 5 nitrogen and oxygen atoms in total. The second-order valence-corrected chi connectivity index (χ2v) is 7.53. The van der Waals surface area contributed by atoms with Gasteiger partial charge in [-0.2, -0.15) is 0 Å². The van der Waals surface area contributed by atoms with Crippen LogP contribution in [-0.2, 0) is 6.54 Å². The topological polar surface area (TPSA) is 46.4 Å². The van der Waals surface area contributed by atoms with E-state index in [4.69, 9.17) is 9.97 Å². The van der Waals surface area contributed by atoms with Gasteiger partial charge in [0, 0.05) is 28.9 Å². The van der Waals surface area contributed by atoms with Crippen LogP contribution in [0.4, 0.5) is 5.82 Å². The van der Waals surface area contributed by atoms with Crippen molar-refractivity contribution < 1.29 is 4.90 Å². The fourth-order valence-electron chi connectivity index (χ4n) is 4.02. The summed E-state index contributed by atoms with van der Waals surface area (Å²) in [7, 11) is 0. The summed E-state index contributed by atoms with van der Waals surface area (Å²) in [6.07, 6.45) is 3.61. The fourth-order valence-corrected chi connectivity index (χ4v) is 4.02. The molecule has 0 bridgehead atoms. The summed E-state index contributed by atoms with van der Waals surface area (Å²) in [5.74, 6) is 1.78. The number of hydrogen-bond donors (Lipinski definition) is 1. The Morgan fingerprint density at radius 1 is 0.828 bits per heavy atom. The smallest absolute Gasteiger partial charge is 0.163 e. The van der Waals surface area contributed by atoms with Crippen molar-refractivity contribution >= 4 is 16.7 Å². The molecule has 0 unspecified atom stereocenters. The average molecular weight is 382 g/mol. The Morgan fingerprint density at radius 2 is 1.62 bits per heavy atom. The van der Waals surface area contributed by atoms with Gasteiger partial charge in [-0.1, -0.05) is 42.5 Å². The molecule has 1 N–H and O–H groups in total. The van der Waals surface area contributed by atoms with Crippen molar-refractivity contribution in [3.05, 3.63) is 84.7 Å². The van der Waals surface area contributed by atoms with Crippen molar-refractivity contribution in [2.75, 3.05) is 31.1 Å². The van der Waals surface area contributed by atoms with Crippen LogP contribution in [0.1, 0.15) is 5.56 Å². The van der Waals surface area contributed by atoms with Gasteiger partial charge in [0.1, 0.15) is 12.4 Å². The molecule has 0 spiro atoms. The molecule has 0 saturated carbocycles. The van der Waals surface area contributed by atoms with Crippen LogP contribution in [0, 0.1) is 0 Å². The summed E-state index contributed by atoms with van der Waals surface area (Å²) in [5, 5.41) is 1.12. The first-order valence-electron chi connectivity index (χ1n) is 10.2. The van der Waals surface area contributed by atoms with Crippen LogP contribution in [0.3, 0.4) is 0 Å². The van der Waals surface area contributed by atoms with Crippen molar-refractivity contribution in [1.82, 2.24) is 15.0 Å². The third-order valence-electron chi connectivity index (χ3n) is 5.57. The lowest BCUT2D eigenvalue weighted by Gasteiger charge is -2.33. The highest BCUT2D eigenvalue weighted by Gasteiger charge is 2.23. The first kappa shape index (κ1) is 17.8. The van der Waals surface area contributed by atoms with Crippen molar-refractivity contribution in [1.29, 1.82) is 0 Å². The van der Waals surface area contributed by atoms with E-state index in [9.17, 15) is 0 Å². The van der Waals surface area contributed by atoms with E-state index in [1.54, 1.807) is 11.1 Å². The first-order valence-corrected chi connectivity index (χ1v) is 10.2. The van der Waals surface area contributed by atoms with Crippen molar-refractivity contribution in [2.24, 2.45) is 0 Å². The van der Waals surface area contributed by atoms with E-state index in [1.165, 1.54) is 5.56 Å². The van der Waals surface area contributed by atoms with E-state index < -0.39 is 0 Å². The maximum Gasteiger partial charge on any atom is 0.163 e. The van der Waals surface area contributed by atoms with E-state index in [0.29, 0.717) is 0 Å². The summed E-state index contributed by atoms with van der Waals surface area (Å²) in [6, 6.07) is 23.0. The molecule has 1 fully saturated rings. The number of piperazine rings is 1. The molecule has 5 heteroatoms. The molecule has 144 valence electrons. The Hall–Kier alpha value is -3.31. The quantitative estimate of drug-likeness (QED) is 0.589. The first-order chi connectivity index (χ1) is 14.4. The summed E-state index contributed by atoms with van der Waals surface area (Å²) >= 11 is 0. The van der Waals surface area contributed by atoms with Gasteiger partial charge < -0.3 is 9.80 Å². The highest BCUT2D eigenvalue weighted by molar-refractivity contribution is 5.91. The summed E-state index contributed by atoms with van der Waals surface area (Å²) in [6.45, 7) is 5.29. The van der Waals surface area contributed by atoms with Gasteiger partial charge in [-0.05, 0) is 24.3 Å². The van der Waals surface area contributed by atoms with Crippen LogP contribution in [0.2, 0.25) is 0 Å². The highest BCUT2D eigenvalue weighted by atomic mass is 15.3. The van der Waals surface area contributed by atoms with Gasteiger partial charge in [0.25, 0.3) is 0 Å². The van der Waals surface area contributed by atoms with Gasteiger partial charge in [0.2, 0.25) is 0 Å². The third kappa shape index (κ3) is 3.82. The third-order valence-corrected chi connectivity index (χ3v) is 5.57. The standard InChI is InChI=1S/C24H23N5/c1-2-7-19(8-3-1)18-28-13-15-29(16-14-28)24-21-10-4-5-11-22(21)26-23(27-24)20-9-6-12-25-17-20/h1-12,17H,13-16,18H2/p+1. The molecule has 4 aromatic rings. The number of nitrogens with one attached hydrogen (secondary N) is 1. The van der Waals surface area contributed by atoms with Crippen LogP contribution >= 0.6 is 0 Å². The number of quaternary nitrogens is 1. The summed E-state index contributed by atoms with van der Waals surface area (Å²) in [5.41, 5.74) is 3.34. The number of benzene rings is 2. The molecule has 29 heavy (non-hydrogen) atoms. The number of pyridine rings is 1. The van der Waals surface area contributed by atoms with E-state index in [-0.39, 0.29) is 0 Å². The Balaban J connectivity index is 1.41. The van der Waals surface area contributed by atoms with E-state index in [1.807, 2.05) is 24.4 Å². The zero-order valence-electron chi connectivity index (χ0n) is 16.3. The van der Waals surface area contributed by atoms with Crippen molar-refractivity contribution in [3.8, 4) is 11.4 Å². The van der Waals surface area contributed by atoms with Gasteiger partial charge in [-0.3, -0.25) is 4.98 Å². The lowest BCUT2D eigenvalue weighted by molar-refractivity contribution is -0.914. The minimum absolute atomic E-state index is 0.742. The summed E-state index contributed by atoms with van der Waals surface area (Å²) < 4.78 is 0. The van der Waals surface area contributed by atoms with Crippen molar-refractivity contribution in [3.63, 3.8) is 0 Å². The predicted molar refractivity (Wildman–Crippen MR) is 116 cm³/mol. The number of aromatic nitrogens is 3. The van der Waals surface area contributed by atoms with Crippen LogP contribution in [-0.4, -0.2) is 41.1 Å². The minimum atomic E-state index is 0.742. The van der Waals surface area contributed by atoms with Crippen LogP contribution in [0.5, 0.6) is 0 Å². The molecule has 1 aliphatic heterocycles. The van der Waals surface area contributed by atoms with E-state index in [2.05, 4.69) is 58.4 Å². The van der Waals surface area contributed by atoms with Gasteiger partial charge >= 0.3 is 0 Å². The number of fused-ring (bicyclic) bond motifs is 1. The number of anilines is 1. The average Bonchev–Trinajstić information content (AvgIpc) is 2.80. The lowest BCUT2D eigenvalue weighted by atomic mass is 10.1. The Bertz CT molecular complexity index is 1090. The largest absolute Gasteiger partial charge is 0.345 e. The molecule has 2 aromatic heterocycles. The molecule has 3 heterocycles. The molecular weight excluding hydrogens is 358 g/mol. The fraction of sp³-hybridized carbons (Fsp3) is 0.208. The zero-order chi connectivity index (χ0) is 19.5. The van der Waals surface area contributed by atoms with Crippen LogP contribution in [0.25, 0.3) is 22.3 Å². The van der Waals surface area contributed by atoms with Crippen molar-refractivity contribution in [2.45, 2.75) is 6.54 Å². The zero-order valence-corrected chi connectivity index (χ0v) is 16.3. The Labute approximate surface area is 170 Å². The molecule has 1 saturated heterocycles. The van der Waals surface area contributed by atoms with E-state index >= 15 is 0 Å². The molecular formula is C24H24N5+. The Kier molecular flexibility index (Phi) is 4.88. The monoisotopic (exact) mass is 382 g/mol. The van der Waals surface area contributed by atoms with Gasteiger partial charge in [-0.15, -0.1) is 0 Å². The summed E-state index contributed by atoms with van der Waals surface area (Å²) in [4.78, 5) is 18.0. The second-order valence-electron chi connectivity index (χ2n) is 7.53. The normalized spacial score (nSPS) is 15.0. The SMILES string of the molecule is c1ccc(C[NH+]2CCN(c3nc(-c4cccnc4)nc4ccccc34)CC2)cc1. The maximum atomic E-state index is 4.97. The number of rotatable bonds is 4. The van der Waals surface area contributed by atoms with Crippen LogP contribution < -0.4 is 9.80 Å². The molecule has 0 aliphatic carbocycles. The van der Waals surface area contributed by atoms with Gasteiger partial charge in [-0.25, -0.2) is 9.97 Å². The molecule has 2 aromatic carbocycles. The molecule has 5 rings (SSSR count). The van der Waals surface area contributed by atoms with Gasteiger partial charge in [0.05, 0.1) is 31.7 Å². The predicted octanol–water partition coefficient (Wildman–Crippen LogP) is 2.60. The number of nitrogens with zero attached hydrogens (tertiary/aromatic N) is 4. The number of hydrogen-bond acceptors (Lipinski definition) is 4. The number of para-hydroxylation sites is 1. The highest BCUT2D eigenvalue weighted by Crippen LogP contribution is 2.27. The Morgan fingerprint density at radius 3 is 2.41 bits per heavy atom. The van der Waals surface area contributed by atoms with Gasteiger partial charge in [0.15, 0.2) is 5.82 Å². The van der Waals surface area contributed by atoms with Crippen LogP contribution in [0.15, 0.2) is 79.1 Å². The minimum Gasteiger partial charge on any atom is -0.345 e. The lowest BCUT2D eigenvalue weighted by Crippen LogP contribution is -3.13. The maximum absolute atomic E-state index is 4.97. The molecule has 1 aliphatic rings. The molecule has 0 amide bonds. The molecule has 0 atom stereocenters. The second kappa shape index (κ2) is 7.97. The molecule has 0 radical (unpaired) electrons. The van der Waals surface area contributed by atoms with E-state index in [0.717, 1.165) is 60.8 Å².